The number of ether oxygens (including phenoxy) is 2. The van der Waals surface area contributed by atoms with Gasteiger partial charge in [-0.05, 0) is 32.0 Å². The molecule has 1 aromatic carbocycles. The average Bonchev–Trinajstić information content (AvgIpc) is 2.82. The summed E-state index contributed by atoms with van der Waals surface area (Å²) in [4.78, 5) is 43.1. The Hall–Kier alpha value is -4.09. The summed E-state index contributed by atoms with van der Waals surface area (Å²) in [6.45, 7) is 4.32. The molecular weight excluding hydrogens is 446 g/mol. The maximum absolute atomic E-state index is 13.1. The standard InChI is InChI=1S/C22H27N5O7/c1-13-12-25(20-19(27(31)32)16(28)7-8-24-20)9-10-26(13)22(30)14(2)34-17-6-5-15(21(29)23-3)11-18(17)33-4/h5-8,11,13-14H,9-10,12H2,1-4H3,(H,23,29)(H,24,28)/t13-,14+/m1/s1. The van der Waals surface area contributed by atoms with Gasteiger partial charge in [-0.2, -0.15) is 0 Å². The zero-order valence-corrected chi connectivity index (χ0v) is 19.3. The van der Waals surface area contributed by atoms with E-state index in [1.165, 1.54) is 32.5 Å². The first kappa shape index (κ1) is 24.6. The molecule has 1 aromatic heterocycles. The summed E-state index contributed by atoms with van der Waals surface area (Å²) in [5, 5.41) is 23.8. The SMILES string of the molecule is CNC(=O)c1ccc(O[C@@H](C)C(=O)N2CCN(c3nccc(O)c3[N+](=O)[O-])C[C@H]2C)c(OC)c1. The third kappa shape index (κ3) is 4.95. The second-order valence-corrected chi connectivity index (χ2v) is 7.79. The van der Waals surface area contributed by atoms with Gasteiger partial charge in [-0.3, -0.25) is 19.7 Å². The molecule has 2 aromatic rings. The Morgan fingerprint density at radius 3 is 2.65 bits per heavy atom. The maximum atomic E-state index is 13.1. The van der Waals surface area contributed by atoms with Crippen molar-refractivity contribution in [2.45, 2.75) is 26.0 Å². The van der Waals surface area contributed by atoms with Crippen LogP contribution in [0.4, 0.5) is 11.5 Å². The average molecular weight is 473 g/mol. The lowest BCUT2D eigenvalue weighted by molar-refractivity contribution is -0.385. The van der Waals surface area contributed by atoms with Gasteiger partial charge in [-0.25, -0.2) is 4.98 Å². The van der Waals surface area contributed by atoms with E-state index < -0.39 is 22.5 Å². The minimum Gasteiger partial charge on any atom is -0.502 e. The highest BCUT2D eigenvalue weighted by Gasteiger charge is 2.35. The van der Waals surface area contributed by atoms with Crippen molar-refractivity contribution in [3.63, 3.8) is 0 Å². The van der Waals surface area contributed by atoms with Crippen LogP contribution >= 0.6 is 0 Å². The van der Waals surface area contributed by atoms with Crippen LogP contribution < -0.4 is 19.7 Å². The van der Waals surface area contributed by atoms with Gasteiger partial charge >= 0.3 is 5.69 Å². The van der Waals surface area contributed by atoms with Crippen molar-refractivity contribution in [1.82, 2.24) is 15.2 Å². The fourth-order valence-electron chi connectivity index (χ4n) is 3.84. The minimum atomic E-state index is -0.845. The lowest BCUT2D eigenvalue weighted by Gasteiger charge is -2.41. The monoisotopic (exact) mass is 473 g/mol. The third-order valence-corrected chi connectivity index (χ3v) is 5.58. The highest BCUT2D eigenvalue weighted by molar-refractivity contribution is 5.94. The smallest absolute Gasteiger partial charge is 0.352 e. The molecule has 2 atom stereocenters. The van der Waals surface area contributed by atoms with Gasteiger partial charge in [0.25, 0.3) is 11.8 Å². The number of methoxy groups -OCH3 is 1. The molecule has 0 bridgehead atoms. The number of pyridine rings is 1. The van der Waals surface area contributed by atoms with Gasteiger partial charge < -0.3 is 29.7 Å². The molecule has 2 heterocycles. The molecule has 0 unspecified atom stereocenters. The van der Waals surface area contributed by atoms with E-state index in [4.69, 9.17) is 9.47 Å². The number of aromatic hydroxyl groups is 1. The third-order valence-electron chi connectivity index (χ3n) is 5.58. The summed E-state index contributed by atoms with van der Waals surface area (Å²) in [5.74, 6) is -0.290. The largest absolute Gasteiger partial charge is 0.502 e. The summed E-state index contributed by atoms with van der Waals surface area (Å²) < 4.78 is 11.2. The van der Waals surface area contributed by atoms with Gasteiger partial charge in [0.1, 0.15) is 0 Å². The Kier molecular flexibility index (Phi) is 7.39. The van der Waals surface area contributed by atoms with Crippen LogP contribution in [0.25, 0.3) is 0 Å². The number of rotatable bonds is 7. The molecule has 0 aliphatic carbocycles. The molecule has 1 fully saturated rings. The number of amides is 2. The van der Waals surface area contributed by atoms with Gasteiger partial charge in [0.2, 0.25) is 5.82 Å². The summed E-state index contributed by atoms with van der Waals surface area (Å²) in [6.07, 6.45) is 0.459. The number of hydrogen-bond donors (Lipinski definition) is 2. The molecule has 2 N–H and O–H groups in total. The second-order valence-electron chi connectivity index (χ2n) is 7.79. The van der Waals surface area contributed by atoms with E-state index in [9.17, 15) is 24.8 Å². The van der Waals surface area contributed by atoms with Crippen molar-refractivity contribution in [1.29, 1.82) is 0 Å². The van der Waals surface area contributed by atoms with E-state index in [0.29, 0.717) is 30.2 Å². The fraction of sp³-hybridized carbons (Fsp3) is 0.409. The van der Waals surface area contributed by atoms with Gasteiger partial charge in [0.05, 0.1) is 12.0 Å². The number of anilines is 1. The van der Waals surface area contributed by atoms with Gasteiger partial charge in [0, 0.05) is 50.6 Å². The fourth-order valence-corrected chi connectivity index (χ4v) is 3.84. The van der Waals surface area contributed by atoms with E-state index in [1.54, 1.807) is 28.9 Å². The lowest BCUT2D eigenvalue weighted by atomic mass is 10.1. The van der Waals surface area contributed by atoms with Gasteiger partial charge in [-0.15, -0.1) is 0 Å². The van der Waals surface area contributed by atoms with Crippen LogP contribution in [0.3, 0.4) is 0 Å². The highest BCUT2D eigenvalue weighted by Crippen LogP contribution is 2.35. The summed E-state index contributed by atoms with van der Waals surface area (Å²) in [6, 6.07) is 5.54. The molecule has 3 rings (SSSR count). The highest BCUT2D eigenvalue weighted by atomic mass is 16.6. The lowest BCUT2D eigenvalue weighted by Crippen LogP contribution is -2.56. The van der Waals surface area contributed by atoms with Crippen LogP contribution in [0.5, 0.6) is 17.2 Å². The molecular formula is C22H27N5O7. The van der Waals surface area contributed by atoms with Crippen molar-refractivity contribution in [2.24, 2.45) is 0 Å². The molecule has 1 aliphatic rings. The summed E-state index contributed by atoms with van der Waals surface area (Å²) in [5.41, 5.74) is -0.0662. The first-order valence-corrected chi connectivity index (χ1v) is 10.6. The Morgan fingerprint density at radius 1 is 1.29 bits per heavy atom. The number of benzene rings is 1. The Morgan fingerprint density at radius 2 is 2.03 bits per heavy atom. The zero-order chi connectivity index (χ0) is 25.0. The van der Waals surface area contributed by atoms with E-state index in [-0.39, 0.29) is 30.2 Å². The number of nitrogens with one attached hydrogen (secondary N) is 1. The van der Waals surface area contributed by atoms with E-state index in [0.717, 1.165) is 0 Å². The molecule has 1 saturated heterocycles. The van der Waals surface area contributed by atoms with E-state index in [2.05, 4.69) is 10.3 Å². The van der Waals surface area contributed by atoms with Crippen LogP contribution in [0.15, 0.2) is 30.5 Å². The zero-order valence-electron chi connectivity index (χ0n) is 19.3. The number of hydrogen-bond acceptors (Lipinski definition) is 9. The minimum absolute atomic E-state index is 0.0641. The predicted molar refractivity (Wildman–Crippen MR) is 122 cm³/mol. The van der Waals surface area contributed by atoms with E-state index >= 15 is 0 Å². The number of piperazine rings is 1. The van der Waals surface area contributed by atoms with E-state index in [1.807, 2.05) is 6.92 Å². The first-order valence-electron chi connectivity index (χ1n) is 10.6. The molecule has 1 aliphatic heterocycles. The second kappa shape index (κ2) is 10.2. The van der Waals surface area contributed by atoms with Gasteiger partial charge in [-0.1, -0.05) is 0 Å². The normalized spacial score (nSPS) is 16.5. The van der Waals surface area contributed by atoms with Crippen LogP contribution in [0.2, 0.25) is 0 Å². The quantitative estimate of drug-likeness (QED) is 0.452. The van der Waals surface area contributed by atoms with Gasteiger partial charge in [0.15, 0.2) is 23.4 Å². The molecule has 12 heteroatoms. The van der Waals surface area contributed by atoms with Crippen molar-refractivity contribution < 1.29 is 29.1 Å². The first-order chi connectivity index (χ1) is 16.2. The Labute approximate surface area is 196 Å². The molecule has 0 radical (unpaired) electrons. The van der Waals surface area contributed by atoms with Crippen LogP contribution in [-0.4, -0.2) is 77.7 Å². The molecule has 182 valence electrons. The van der Waals surface area contributed by atoms with Crippen molar-refractivity contribution in [3.05, 3.63) is 46.1 Å². The Bertz CT molecular complexity index is 1090. The summed E-state index contributed by atoms with van der Waals surface area (Å²) >= 11 is 0. The van der Waals surface area contributed by atoms with Crippen LogP contribution in [0.1, 0.15) is 24.2 Å². The number of nitro groups is 1. The predicted octanol–water partition coefficient (Wildman–Crippen LogP) is 1.57. The molecule has 34 heavy (non-hydrogen) atoms. The topological polar surface area (TPSA) is 147 Å². The molecule has 2 amide bonds. The number of carbonyl (C=O) groups is 2. The molecule has 12 nitrogen and oxygen atoms in total. The molecule has 0 saturated carbocycles. The van der Waals surface area contributed by atoms with Crippen LogP contribution in [0, 0.1) is 10.1 Å². The van der Waals surface area contributed by atoms with Crippen LogP contribution in [-0.2, 0) is 4.79 Å². The van der Waals surface area contributed by atoms with Crippen molar-refractivity contribution in [3.8, 4) is 17.2 Å². The number of nitrogens with zero attached hydrogens (tertiary/aromatic N) is 4. The number of aromatic nitrogens is 1. The molecule has 0 spiro atoms. The summed E-state index contributed by atoms with van der Waals surface area (Å²) in [7, 11) is 2.97. The van der Waals surface area contributed by atoms with Crippen molar-refractivity contribution >= 4 is 23.3 Å². The van der Waals surface area contributed by atoms with Crippen molar-refractivity contribution in [2.75, 3.05) is 38.7 Å². The maximum Gasteiger partial charge on any atom is 0.352 e. The number of carbonyl (C=O) groups excluding carboxylic acids is 2. The Balaban J connectivity index is 1.71.